The Balaban J connectivity index is 2.56. The number of hydrogen-bond donors (Lipinski definition) is 0. The van der Waals surface area contributed by atoms with E-state index in [4.69, 9.17) is 0 Å². The second-order valence-corrected chi connectivity index (χ2v) is 8.80. The molecule has 0 aromatic heterocycles. The molecule has 0 aliphatic heterocycles. The fourth-order valence-corrected chi connectivity index (χ4v) is 3.86. The van der Waals surface area contributed by atoms with Gasteiger partial charge >= 0.3 is 0 Å². The average molecular weight is 361 g/mol. The van der Waals surface area contributed by atoms with Crippen molar-refractivity contribution in [2.45, 2.75) is 9.79 Å². The summed E-state index contributed by atoms with van der Waals surface area (Å²) in [6.45, 7) is 0. The third kappa shape index (κ3) is 3.50. The van der Waals surface area contributed by atoms with Crippen LogP contribution in [0.3, 0.4) is 0 Å². The molecule has 2 aromatic rings. The zero-order valence-electron chi connectivity index (χ0n) is 12.2. The van der Waals surface area contributed by atoms with Gasteiger partial charge in [0.15, 0.2) is 9.84 Å². The molecule has 2 aromatic carbocycles. The summed E-state index contributed by atoms with van der Waals surface area (Å²) in [5.41, 5.74) is -0.477. The third-order valence-corrected chi connectivity index (χ3v) is 6.02. The molecule has 0 aliphatic carbocycles. The number of halogens is 2. The molecule has 0 saturated carbocycles. The molecule has 9 heteroatoms. The molecule has 0 N–H and O–H groups in total. The fraction of sp³-hybridized carbons (Fsp3) is 0.143. The second kappa shape index (κ2) is 5.89. The van der Waals surface area contributed by atoms with Crippen LogP contribution in [0.2, 0.25) is 0 Å². The Kier molecular flexibility index (Phi) is 4.45. The van der Waals surface area contributed by atoms with Crippen molar-refractivity contribution in [1.29, 1.82) is 0 Å². The molecule has 2 rings (SSSR count). The largest absolute Gasteiger partial charge is 0.266 e. The molecule has 0 radical (unpaired) electrons. The van der Waals surface area contributed by atoms with Gasteiger partial charge in [0.2, 0.25) is 0 Å². The maximum absolute atomic E-state index is 13.8. The van der Waals surface area contributed by atoms with Crippen LogP contribution in [-0.2, 0) is 19.9 Å². The van der Waals surface area contributed by atoms with E-state index >= 15 is 0 Å². The quantitative estimate of drug-likeness (QED) is 0.837. The van der Waals surface area contributed by atoms with E-state index in [1.807, 2.05) is 0 Å². The van der Waals surface area contributed by atoms with Crippen molar-refractivity contribution in [3.8, 4) is 0 Å². The maximum atomic E-state index is 13.8. The van der Waals surface area contributed by atoms with E-state index < -0.39 is 37.2 Å². The van der Waals surface area contributed by atoms with Gasteiger partial charge in [-0.1, -0.05) is 6.07 Å². The predicted octanol–water partition coefficient (Wildman–Crippen LogP) is 2.19. The molecule has 0 fully saturated rings. The molecule has 23 heavy (non-hydrogen) atoms. The first-order valence-electron chi connectivity index (χ1n) is 6.27. The van der Waals surface area contributed by atoms with Crippen molar-refractivity contribution < 1.29 is 25.6 Å². The normalized spacial score (nSPS) is 12.2. The summed E-state index contributed by atoms with van der Waals surface area (Å²) in [4.78, 5) is -0.529. The lowest BCUT2D eigenvalue weighted by Gasteiger charge is -2.20. The summed E-state index contributed by atoms with van der Waals surface area (Å²) in [6.07, 6.45) is 0.939. The molecule has 0 heterocycles. The van der Waals surface area contributed by atoms with Gasteiger partial charge in [-0.15, -0.1) is 0 Å². The Morgan fingerprint density at radius 3 is 2.13 bits per heavy atom. The Morgan fingerprint density at radius 1 is 0.913 bits per heavy atom. The first-order chi connectivity index (χ1) is 10.5. The van der Waals surface area contributed by atoms with Crippen LogP contribution in [0.25, 0.3) is 0 Å². The van der Waals surface area contributed by atoms with Gasteiger partial charge < -0.3 is 0 Å². The molecule has 0 amide bonds. The SMILES string of the molecule is CN(c1cc(F)ccc1F)S(=O)(=O)c1cccc(S(C)(=O)=O)c1. The van der Waals surface area contributed by atoms with Crippen molar-refractivity contribution in [1.82, 2.24) is 0 Å². The van der Waals surface area contributed by atoms with E-state index in [0.717, 1.165) is 37.6 Å². The summed E-state index contributed by atoms with van der Waals surface area (Å²) >= 11 is 0. The standard InChI is InChI=1S/C14H13F2NO4S2/c1-17(14-8-10(15)6-7-13(14)16)23(20,21)12-5-3-4-11(9-12)22(2,18)19/h3-9H,1-2H3. The number of hydrogen-bond acceptors (Lipinski definition) is 4. The van der Waals surface area contributed by atoms with E-state index in [1.165, 1.54) is 18.2 Å². The average Bonchev–Trinajstić information content (AvgIpc) is 2.48. The van der Waals surface area contributed by atoms with Gasteiger partial charge in [-0.25, -0.2) is 25.6 Å². The zero-order valence-corrected chi connectivity index (χ0v) is 13.8. The molecule has 0 bridgehead atoms. The number of sulfonamides is 1. The minimum Gasteiger partial charge on any atom is -0.266 e. The Labute approximate surface area is 133 Å². The monoisotopic (exact) mass is 361 g/mol. The van der Waals surface area contributed by atoms with Gasteiger partial charge in [0.25, 0.3) is 10.0 Å². The fourth-order valence-electron chi connectivity index (χ4n) is 1.88. The smallest absolute Gasteiger partial charge is 0.264 e. The number of nitrogens with zero attached hydrogens (tertiary/aromatic N) is 1. The van der Waals surface area contributed by atoms with E-state index in [1.54, 1.807) is 0 Å². The minimum absolute atomic E-state index is 0.188. The summed E-state index contributed by atoms with van der Waals surface area (Å²) in [6, 6.07) is 7.08. The highest BCUT2D eigenvalue weighted by molar-refractivity contribution is 7.93. The Bertz CT molecular complexity index is 956. The third-order valence-electron chi connectivity index (χ3n) is 3.14. The minimum atomic E-state index is -4.25. The van der Waals surface area contributed by atoms with E-state index in [-0.39, 0.29) is 9.79 Å². The summed E-state index contributed by atoms with van der Waals surface area (Å²) in [5.74, 6) is -1.72. The lowest BCUT2D eigenvalue weighted by Crippen LogP contribution is -2.27. The topological polar surface area (TPSA) is 71.5 Å². The molecule has 0 spiro atoms. The highest BCUT2D eigenvalue weighted by Gasteiger charge is 2.25. The highest BCUT2D eigenvalue weighted by Crippen LogP contribution is 2.26. The Hall–Kier alpha value is -2.00. The number of sulfone groups is 1. The van der Waals surface area contributed by atoms with E-state index in [2.05, 4.69) is 0 Å². The molecule has 124 valence electrons. The first-order valence-corrected chi connectivity index (χ1v) is 9.61. The lowest BCUT2D eigenvalue weighted by molar-refractivity contribution is 0.585. The molecule has 0 aliphatic rings. The second-order valence-electron chi connectivity index (χ2n) is 4.82. The number of benzene rings is 2. The molecule has 5 nitrogen and oxygen atoms in total. The molecule has 0 saturated heterocycles. The van der Waals surface area contributed by atoms with Crippen molar-refractivity contribution in [2.24, 2.45) is 0 Å². The van der Waals surface area contributed by atoms with Crippen LogP contribution < -0.4 is 4.31 Å². The first kappa shape index (κ1) is 17.4. The van der Waals surface area contributed by atoms with Crippen LogP contribution in [-0.4, -0.2) is 30.1 Å². The number of rotatable bonds is 4. The molecule has 0 unspecified atom stereocenters. The van der Waals surface area contributed by atoms with Crippen molar-refractivity contribution in [3.05, 3.63) is 54.1 Å². The van der Waals surface area contributed by atoms with Gasteiger partial charge in [-0.2, -0.15) is 0 Å². The van der Waals surface area contributed by atoms with Crippen molar-refractivity contribution in [3.63, 3.8) is 0 Å². The van der Waals surface area contributed by atoms with E-state index in [0.29, 0.717) is 4.31 Å². The van der Waals surface area contributed by atoms with Crippen molar-refractivity contribution >= 4 is 25.5 Å². The number of anilines is 1. The van der Waals surface area contributed by atoms with Gasteiger partial charge in [-0.3, -0.25) is 4.31 Å². The van der Waals surface area contributed by atoms with Crippen LogP contribution in [0.4, 0.5) is 14.5 Å². The van der Waals surface area contributed by atoms with E-state index in [9.17, 15) is 25.6 Å². The van der Waals surface area contributed by atoms with Gasteiger partial charge in [-0.05, 0) is 30.3 Å². The van der Waals surface area contributed by atoms with Crippen LogP contribution in [0, 0.1) is 11.6 Å². The highest BCUT2D eigenvalue weighted by atomic mass is 32.2. The summed E-state index contributed by atoms with van der Waals surface area (Å²) < 4.78 is 75.7. The van der Waals surface area contributed by atoms with Gasteiger partial charge in [0.1, 0.15) is 11.6 Å². The summed E-state index contributed by atoms with van der Waals surface area (Å²) in [5, 5.41) is 0. The van der Waals surface area contributed by atoms with Crippen molar-refractivity contribution in [2.75, 3.05) is 17.6 Å². The molecular formula is C14H13F2NO4S2. The van der Waals surface area contributed by atoms with Crippen LogP contribution >= 0.6 is 0 Å². The van der Waals surface area contributed by atoms with Crippen LogP contribution in [0.1, 0.15) is 0 Å². The lowest BCUT2D eigenvalue weighted by atomic mass is 10.3. The van der Waals surface area contributed by atoms with Gasteiger partial charge in [0.05, 0.1) is 15.5 Å². The zero-order chi connectivity index (χ0) is 17.4. The van der Waals surface area contributed by atoms with Gasteiger partial charge in [0, 0.05) is 19.4 Å². The summed E-state index contributed by atoms with van der Waals surface area (Å²) in [7, 11) is -6.80. The maximum Gasteiger partial charge on any atom is 0.264 e. The Morgan fingerprint density at radius 2 is 1.52 bits per heavy atom. The van der Waals surface area contributed by atoms with Crippen LogP contribution in [0.15, 0.2) is 52.3 Å². The predicted molar refractivity (Wildman–Crippen MR) is 81.5 cm³/mol. The molecule has 0 atom stereocenters. The molecular weight excluding hydrogens is 348 g/mol. The van der Waals surface area contributed by atoms with Crippen LogP contribution in [0.5, 0.6) is 0 Å².